The zero-order valence-electron chi connectivity index (χ0n) is 12.0. The fraction of sp³-hybridized carbons (Fsp3) is 0.750. The van der Waals surface area contributed by atoms with E-state index in [-0.39, 0.29) is 0 Å². The van der Waals surface area contributed by atoms with Gasteiger partial charge in [-0.2, -0.15) is 0 Å². The van der Waals surface area contributed by atoms with Crippen LogP contribution in [-0.4, -0.2) is 30.6 Å². The minimum Gasteiger partial charge on any atom is -0.472 e. The maximum atomic E-state index is 5.13. The SMILES string of the molecule is CN(Cc1ccoc1)CC1CCC2CCCCC2N1. The first kappa shape index (κ1) is 13.2. The van der Waals surface area contributed by atoms with Crippen LogP contribution in [-0.2, 0) is 6.54 Å². The van der Waals surface area contributed by atoms with E-state index in [1.807, 2.05) is 6.26 Å². The van der Waals surface area contributed by atoms with E-state index in [1.165, 1.54) is 44.1 Å². The minimum atomic E-state index is 0.677. The largest absolute Gasteiger partial charge is 0.472 e. The van der Waals surface area contributed by atoms with Crippen LogP contribution in [0.15, 0.2) is 23.0 Å². The predicted octanol–water partition coefficient (Wildman–Crippen LogP) is 3.02. The highest BCUT2D eigenvalue weighted by Crippen LogP contribution is 2.32. The van der Waals surface area contributed by atoms with E-state index in [2.05, 4.69) is 23.3 Å². The maximum absolute atomic E-state index is 5.13. The van der Waals surface area contributed by atoms with Crippen molar-refractivity contribution in [3.05, 3.63) is 24.2 Å². The molecule has 106 valence electrons. The van der Waals surface area contributed by atoms with Crippen LogP contribution in [0, 0.1) is 5.92 Å². The Bertz CT molecular complexity index is 376. The summed E-state index contributed by atoms with van der Waals surface area (Å²) in [4.78, 5) is 2.41. The lowest BCUT2D eigenvalue weighted by Gasteiger charge is -2.41. The zero-order valence-corrected chi connectivity index (χ0v) is 12.0. The van der Waals surface area contributed by atoms with Gasteiger partial charge in [-0.1, -0.05) is 12.8 Å². The Morgan fingerprint density at radius 3 is 3.00 bits per heavy atom. The molecule has 1 aliphatic heterocycles. The van der Waals surface area contributed by atoms with Crippen molar-refractivity contribution in [1.82, 2.24) is 10.2 Å². The number of likely N-dealkylation sites (N-methyl/N-ethyl adjacent to an activating group) is 1. The molecule has 1 saturated carbocycles. The van der Waals surface area contributed by atoms with Crippen LogP contribution in [0.2, 0.25) is 0 Å². The smallest absolute Gasteiger partial charge is 0.0947 e. The molecule has 2 fully saturated rings. The quantitative estimate of drug-likeness (QED) is 0.904. The van der Waals surface area contributed by atoms with Crippen molar-refractivity contribution in [3.8, 4) is 0 Å². The summed E-state index contributed by atoms with van der Waals surface area (Å²) in [6.07, 6.45) is 12.1. The molecule has 1 saturated heterocycles. The lowest BCUT2D eigenvalue weighted by Crippen LogP contribution is -2.52. The highest BCUT2D eigenvalue weighted by molar-refractivity contribution is 5.04. The summed E-state index contributed by atoms with van der Waals surface area (Å²) < 4.78 is 5.13. The number of hydrogen-bond acceptors (Lipinski definition) is 3. The molecular formula is C16H26N2O. The highest BCUT2D eigenvalue weighted by atomic mass is 16.3. The first-order valence-electron chi connectivity index (χ1n) is 7.77. The molecule has 1 aromatic heterocycles. The standard InChI is InChI=1S/C16H26N2O/c1-18(10-13-8-9-19-12-13)11-15-7-6-14-4-2-3-5-16(14)17-15/h8-9,12,14-17H,2-7,10-11H2,1H3. The second-order valence-electron chi connectivity index (χ2n) is 6.42. The van der Waals surface area contributed by atoms with Crippen molar-refractivity contribution in [2.24, 2.45) is 5.92 Å². The van der Waals surface area contributed by atoms with Crippen molar-refractivity contribution in [1.29, 1.82) is 0 Å². The molecule has 1 N–H and O–H groups in total. The van der Waals surface area contributed by atoms with Gasteiger partial charge in [0.15, 0.2) is 0 Å². The van der Waals surface area contributed by atoms with Gasteiger partial charge in [-0.05, 0) is 44.7 Å². The van der Waals surface area contributed by atoms with Crippen molar-refractivity contribution >= 4 is 0 Å². The molecule has 0 spiro atoms. The zero-order chi connectivity index (χ0) is 13.1. The number of furan rings is 1. The normalized spacial score (nSPS) is 31.4. The van der Waals surface area contributed by atoms with Gasteiger partial charge in [-0.15, -0.1) is 0 Å². The Morgan fingerprint density at radius 2 is 2.16 bits per heavy atom. The molecule has 0 bridgehead atoms. The van der Waals surface area contributed by atoms with Gasteiger partial charge >= 0.3 is 0 Å². The Hall–Kier alpha value is -0.800. The molecule has 3 nitrogen and oxygen atoms in total. The number of hydrogen-bond donors (Lipinski definition) is 1. The van der Waals surface area contributed by atoms with E-state index in [1.54, 1.807) is 6.26 Å². The van der Waals surface area contributed by atoms with Gasteiger partial charge in [0.05, 0.1) is 12.5 Å². The number of nitrogens with zero attached hydrogens (tertiary/aromatic N) is 1. The monoisotopic (exact) mass is 262 g/mol. The molecule has 0 radical (unpaired) electrons. The van der Waals surface area contributed by atoms with E-state index in [0.717, 1.165) is 25.0 Å². The van der Waals surface area contributed by atoms with E-state index in [4.69, 9.17) is 4.42 Å². The summed E-state index contributed by atoms with van der Waals surface area (Å²) in [5, 5.41) is 3.90. The Morgan fingerprint density at radius 1 is 1.26 bits per heavy atom. The summed E-state index contributed by atoms with van der Waals surface area (Å²) in [5.41, 5.74) is 1.27. The second-order valence-corrected chi connectivity index (χ2v) is 6.42. The van der Waals surface area contributed by atoms with Crippen molar-refractivity contribution < 1.29 is 4.42 Å². The third-order valence-electron chi connectivity index (χ3n) is 4.81. The topological polar surface area (TPSA) is 28.4 Å². The molecule has 1 aliphatic carbocycles. The minimum absolute atomic E-state index is 0.677. The van der Waals surface area contributed by atoms with Gasteiger partial charge in [0, 0.05) is 30.7 Å². The summed E-state index contributed by atoms with van der Waals surface area (Å²) >= 11 is 0. The van der Waals surface area contributed by atoms with Crippen LogP contribution in [0.4, 0.5) is 0 Å². The molecule has 3 unspecified atom stereocenters. The fourth-order valence-electron chi connectivity index (χ4n) is 3.85. The van der Waals surface area contributed by atoms with E-state index in [0.29, 0.717) is 6.04 Å². The number of fused-ring (bicyclic) bond motifs is 1. The third kappa shape index (κ3) is 3.40. The van der Waals surface area contributed by atoms with Crippen LogP contribution in [0.25, 0.3) is 0 Å². The molecule has 19 heavy (non-hydrogen) atoms. The lowest BCUT2D eigenvalue weighted by atomic mass is 9.78. The van der Waals surface area contributed by atoms with Crippen LogP contribution in [0.1, 0.15) is 44.1 Å². The second kappa shape index (κ2) is 6.10. The number of rotatable bonds is 4. The van der Waals surface area contributed by atoms with Crippen LogP contribution < -0.4 is 5.32 Å². The molecule has 3 atom stereocenters. The molecule has 2 heterocycles. The lowest BCUT2D eigenvalue weighted by molar-refractivity contribution is 0.151. The molecule has 0 amide bonds. The average molecular weight is 262 g/mol. The fourth-order valence-corrected chi connectivity index (χ4v) is 3.85. The van der Waals surface area contributed by atoms with Gasteiger partial charge in [0.1, 0.15) is 0 Å². The molecule has 3 rings (SSSR count). The van der Waals surface area contributed by atoms with Gasteiger partial charge in [-0.25, -0.2) is 0 Å². The first-order valence-corrected chi connectivity index (χ1v) is 7.77. The van der Waals surface area contributed by atoms with Crippen LogP contribution in [0.3, 0.4) is 0 Å². The third-order valence-corrected chi connectivity index (χ3v) is 4.81. The molecular weight excluding hydrogens is 236 g/mol. The van der Waals surface area contributed by atoms with Gasteiger partial charge < -0.3 is 14.6 Å². The highest BCUT2D eigenvalue weighted by Gasteiger charge is 2.31. The van der Waals surface area contributed by atoms with Crippen molar-refractivity contribution in [2.45, 2.75) is 57.2 Å². The summed E-state index contributed by atoms with van der Waals surface area (Å²) in [6, 6.07) is 3.54. The number of piperidine rings is 1. The van der Waals surface area contributed by atoms with Gasteiger partial charge in [0.25, 0.3) is 0 Å². The van der Waals surface area contributed by atoms with E-state index < -0.39 is 0 Å². The van der Waals surface area contributed by atoms with E-state index >= 15 is 0 Å². The van der Waals surface area contributed by atoms with Crippen molar-refractivity contribution in [3.63, 3.8) is 0 Å². The Balaban J connectivity index is 1.47. The molecule has 3 heteroatoms. The van der Waals surface area contributed by atoms with Gasteiger partial charge in [0.2, 0.25) is 0 Å². The number of nitrogens with one attached hydrogen (secondary N) is 1. The maximum Gasteiger partial charge on any atom is 0.0947 e. The first-order chi connectivity index (χ1) is 9.31. The van der Waals surface area contributed by atoms with Gasteiger partial charge in [-0.3, -0.25) is 0 Å². The molecule has 2 aliphatic rings. The van der Waals surface area contributed by atoms with E-state index in [9.17, 15) is 0 Å². The molecule has 0 aromatic carbocycles. The Labute approximate surface area is 116 Å². The predicted molar refractivity (Wildman–Crippen MR) is 76.9 cm³/mol. The van der Waals surface area contributed by atoms with Crippen LogP contribution >= 0.6 is 0 Å². The van der Waals surface area contributed by atoms with Crippen LogP contribution in [0.5, 0.6) is 0 Å². The molecule has 1 aromatic rings. The summed E-state index contributed by atoms with van der Waals surface area (Å²) in [5.74, 6) is 0.962. The average Bonchev–Trinajstić information content (AvgIpc) is 2.91. The Kier molecular flexibility index (Phi) is 4.24. The summed E-state index contributed by atoms with van der Waals surface area (Å²) in [6.45, 7) is 2.14. The van der Waals surface area contributed by atoms with Crippen molar-refractivity contribution in [2.75, 3.05) is 13.6 Å². The summed E-state index contributed by atoms with van der Waals surface area (Å²) in [7, 11) is 2.21.